The van der Waals surface area contributed by atoms with E-state index in [2.05, 4.69) is 148 Å². The molecule has 0 aliphatic carbocycles. The predicted octanol–water partition coefficient (Wildman–Crippen LogP) is 21.3. The van der Waals surface area contributed by atoms with Crippen molar-refractivity contribution < 1.29 is 37.6 Å². The Bertz CT molecular complexity index is 1790. The molecular formula is C71H120NO8P. The lowest BCUT2D eigenvalue weighted by Gasteiger charge is -2.19. The molecule has 0 rings (SSSR count). The van der Waals surface area contributed by atoms with E-state index in [4.69, 9.17) is 24.3 Å². The Morgan fingerprint density at radius 1 is 0.383 bits per heavy atom. The van der Waals surface area contributed by atoms with Crippen molar-refractivity contribution in [2.75, 3.05) is 26.4 Å². The smallest absolute Gasteiger partial charge is 0.462 e. The van der Waals surface area contributed by atoms with Crippen LogP contribution in [0.15, 0.2) is 134 Å². The second-order valence-corrected chi connectivity index (χ2v) is 22.7. The van der Waals surface area contributed by atoms with Crippen LogP contribution in [0.4, 0.5) is 0 Å². The largest absolute Gasteiger partial charge is 0.472 e. The molecule has 2 unspecified atom stereocenters. The number of rotatable bonds is 60. The van der Waals surface area contributed by atoms with Crippen LogP contribution in [0.1, 0.15) is 271 Å². The van der Waals surface area contributed by atoms with Crippen LogP contribution in [0.2, 0.25) is 0 Å². The summed E-state index contributed by atoms with van der Waals surface area (Å²) < 4.78 is 33.1. The molecule has 0 aromatic rings. The highest BCUT2D eigenvalue weighted by Crippen LogP contribution is 2.43. The molecule has 0 saturated heterocycles. The van der Waals surface area contributed by atoms with Gasteiger partial charge < -0.3 is 20.1 Å². The highest BCUT2D eigenvalue weighted by molar-refractivity contribution is 7.47. The van der Waals surface area contributed by atoms with E-state index in [0.29, 0.717) is 6.42 Å². The quantitative estimate of drug-likeness (QED) is 0.0264. The molecule has 0 heterocycles. The molecule has 0 fully saturated rings. The minimum Gasteiger partial charge on any atom is -0.462 e. The molecule has 462 valence electrons. The van der Waals surface area contributed by atoms with Crippen LogP contribution in [0, 0.1) is 0 Å². The molecule has 0 aliphatic heterocycles. The first kappa shape index (κ1) is 77.2. The number of hydrogen-bond acceptors (Lipinski definition) is 8. The fourth-order valence-electron chi connectivity index (χ4n) is 8.72. The van der Waals surface area contributed by atoms with Gasteiger partial charge in [-0.15, -0.1) is 0 Å². The van der Waals surface area contributed by atoms with Crippen molar-refractivity contribution in [2.24, 2.45) is 5.73 Å². The first-order valence-corrected chi connectivity index (χ1v) is 34.2. The SMILES string of the molecule is CC/C=C\C/C=C\C/C=C\C/C=C\C/C=C\C/C=C\C/C=C\C/C=C\CCCCCCCCCCCCCCC(=O)OC(COC(=O)CCCCCCCCCC/C=C\C/C=C\C/C=C\CCCCCCC)COP(=O)(O)OCCN. The topological polar surface area (TPSA) is 134 Å². The van der Waals surface area contributed by atoms with Crippen LogP contribution in [-0.2, 0) is 32.7 Å². The standard InChI is InChI=1S/C71H120NO8P/c1-3-5-7-9-11-13-15-17-19-21-23-25-27-28-29-30-31-32-33-34-35-36-37-38-39-40-42-44-46-48-50-52-54-56-58-60-62-64-71(74)80-69(68-79-81(75,76)78-66-65-72)67-77-70(73)63-61-59-57-55-53-51-49-47-45-43-41-26-24-22-20-18-16-14-12-10-8-6-4-2/h5,7,11,13,16-19,22-25,28-29,31-32,34-35,37-38,41,43,69H,3-4,6,8-10,12,14-15,20-21,26-27,30,33,36,39-40,42,44-68,72H2,1-2H3,(H,75,76)/b7-5-,13-11-,18-16-,19-17-,24-22-,25-23-,29-28-,32-31-,35-34-,38-37-,43-41-. The predicted molar refractivity (Wildman–Crippen MR) is 348 cm³/mol. The Kier molecular flexibility index (Phi) is 62.2. The van der Waals surface area contributed by atoms with Crippen molar-refractivity contribution in [1.29, 1.82) is 0 Å². The Hall–Kier alpha value is -3.85. The van der Waals surface area contributed by atoms with E-state index in [1.54, 1.807) is 0 Å². The summed E-state index contributed by atoms with van der Waals surface area (Å²) in [4.78, 5) is 35.3. The van der Waals surface area contributed by atoms with E-state index < -0.39 is 32.5 Å². The molecule has 0 amide bonds. The van der Waals surface area contributed by atoms with E-state index in [1.165, 1.54) is 116 Å². The van der Waals surface area contributed by atoms with Gasteiger partial charge in [-0.25, -0.2) is 4.57 Å². The summed E-state index contributed by atoms with van der Waals surface area (Å²) in [6, 6.07) is 0. The molecule has 0 spiro atoms. The molecule has 81 heavy (non-hydrogen) atoms. The molecule has 2 atom stereocenters. The Morgan fingerprint density at radius 2 is 0.679 bits per heavy atom. The number of hydrogen-bond donors (Lipinski definition) is 2. The number of esters is 2. The molecule has 3 N–H and O–H groups in total. The van der Waals surface area contributed by atoms with Gasteiger partial charge in [0.1, 0.15) is 6.61 Å². The molecule has 0 bridgehead atoms. The lowest BCUT2D eigenvalue weighted by molar-refractivity contribution is -0.161. The third kappa shape index (κ3) is 65.2. The summed E-state index contributed by atoms with van der Waals surface area (Å²) in [5, 5.41) is 0. The van der Waals surface area contributed by atoms with Crippen LogP contribution in [0.3, 0.4) is 0 Å². The van der Waals surface area contributed by atoms with Crippen LogP contribution >= 0.6 is 7.82 Å². The third-order valence-corrected chi connectivity index (χ3v) is 14.5. The lowest BCUT2D eigenvalue weighted by Crippen LogP contribution is -2.29. The monoisotopic (exact) mass is 1150 g/mol. The number of ether oxygens (including phenoxy) is 2. The zero-order valence-electron chi connectivity index (χ0n) is 51.7. The van der Waals surface area contributed by atoms with Crippen molar-refractivity contribution in [1.82, 2.24) is 0 Å². The van der Waals surface area contributed by atoms with Gasteiger partial charge in [-0.1, -0.05) is 276 Å². The number of phosphoric ester groups is 1. The number of carbonyl (C=O) groups is 2. The van der Waals surface area contributed by atoms with Crippen molar-refractivity contribution in [3.63, 3.8) is 0 Å². The fourth-order valence-corrected chi connectivity index (χ4v) is 9.48. The van der Waals surface area contributed by atoms with E-state index in [0.717, 1.165) is 122 Å². The molecule has 10 heteroatoms. The van der Waals surface area contributed by atoms with Crippen LogP contribution in [0.5, 0.6) is 0 Å². The second-order valence-electron chi connectivity index (χ2n) is 21.2. The first-order chi connectivity index (χ1) is 39.8. The van der Waals surface area contributed by atoms with Crippen molar-refractivity contribution in [3.8, 4) is 0 Å². The van der Waals surface area contributed by atoms with Gasteiger partial charge in [-0.2, -0.15) is 0 Å². The molecule has 0 radical (unpaired) electrons. The highest BCUT2D eigenvalue weighted by Gasteiger charge is 2.26. The summed E-state index contributed by atoms with van der Waals surface area (Å²) in [6.07, 6.45) is 92.3. The van der Waals surface area contributed by atoms with E-state index in [1.807, 2.05) is 0 Å². The summed E-state index contributed by atoms with van der Waals surface area (Å²) >= 11 is 0. The van der Waals surface area contributed by atoms with Gasteiger partial charge in [0.2, 0.25) is 0 Å². The zero-order valence-corrected chi connectivity index (χ0v) is 52.6. The van der Waals surface area contributed by atoms with E-state index in [-0.39, 0.29) is 32.6 Å². The summed E-state index contributed by atoms with van der Waals surface area (Å²) in [7, 11) is -4.40. The molecule has 0 saturated carbocycles. The van der Waals surface area contributed by atoms with Crippen molar-refractivity contribution in [3.05, 3.63) is 134 Å². The summed E-state index contributed by atoms with van der Waals surface area (Å²) in [6.45, 7) is 3.61. The molecule has 9 nitrogen and oxygen atoms in total. The number of phosphoric acid groups is 1. The summed E-state index contributed by atoms with van der Waals surface area (Å²) in [5.74, 6) is -0.841. The fraction of sp³-hybridized carbons (Fsp3) is 0.662. The third-order valence-electron chi connectivity index (χ3n) is 13.5. The van der Waals surface area contributed by atoms with E-state index >= 15 is 0 Å². The highest BCUT2D eigenvalue weighted by atomic mass is 31.2. The average molecular weight is 1150 g/mol. The minimum absolute atomic E-state index is 0.0463. The normalized spacial score (nSPS) is 13.9. The molecular weight excluding hydrogens is 1030 g/mol. The van der Waals surface area contributed by atoms with Gasteiger partial charge in [0.05, 0.1) is 13.2 Å². The average Bonchev–Trinajstić information content (AvgIpc) is 3.46. The van der Waals surface area contributed by atoms with Gasteiger partial charge in [0, 0.05) is 19.4 Å². The first-order valence-electron chi connectivity index (χ1n) is 32.7. The minimum atomic E-state index is -4.40. The van der Waals surface area contributed by atoms with Gasteiger partial charge >= 0.3 is 19.8 Å². The maximum absolute atomic E-state index is 12.7. The summed E-state index contributed by atoms with van der Waals surface area (Å²) in [5.41, 5.74) is 5.39. The van der Waals surface area contributed by atoms with Crippen LogP contribution in [0.25, 0.3) is 0 Å². The van der Waals surface area contributed by atoms with Gasteiger partial charge in [-0.05, 0) is 116 Å². The Balaban J connectivity index is 3.96. The van der Waals surface area contributed by atoms with E-state index in [9.17, 15) is 19.0 Å². The zero-order chi connectivity index (χ0) is 58.7. The Morgan fingerprint density at radius 3 is 1.01 bits per heavy atom. The lowest BCUT2D eigenvalue weighted by atomic mass is 10.0. The van der Waals surface area contributed by atoms with Crippen LogP contribution < -0.4 is 5.73 Å². The van der Waals surface area contributed by atoms with Gasteiger partial charge in [-0.3, -0.25) is 18.6 Å². The number of allylic oxidation sites excluding steroid dienone is 22. The van der Waals surface area contributed by atoms with Crippen molar-refractivity contribution in [2.45, 2.75) is 277 Å². The Labute approximate surface area is 497 Å². The number of nitrogens with two attached hydrogens (primary N) is 1. The molecule has 0 aliphatic rings. The van der Waals surface area contributed by atoms with Gasteiger partial charge in [0.15, 0.2) is 6.10 Å². The molecule has 0 aromatic heterocycles. The second kappa shape index (κ2) is 65.3. The maximum Gasteiger partial charge on any atom is 0.472 e. The van der Waals surface area contributed by atoms with Crippen LogP contribution in [-0.4, -0.2) is 49.3 Å². The van der Waals surface area contributed by atoms with Crippen molar-refractivity contribution >= 4 is 19.8 Å². The molecule has 0 aromatic carbocycles. The number of carbonyl (C=O) groups excluding carboxylic acids is 2. The number of unbranched alkanes of at least 4 members (excludes halogenated alkanes) is 25. The maximum atomic E-state index is 12.7. The van der Waals surface area contributed by atoms with Gasteiger partial charge in [0.25, 0.3) is 0 Å².